The molecule has 2 N–H and O–H groups in total. The molecule has 1 amide bonds. The summed E-state index contributed by atoms with van der Waals surface area (Å²) in [4.78, 5) is 11.8. The number of aliphatic hydroxyl groups is 1. The molecule has 0 unspecified atom stereocenters. The van der Waals surface area contributed by atoms with E-state index >= 15 is 0 Å². The number of rotatable bonds is 4. The molecule has 1 aliphatic rings. The maximum absolute atomic E-state index is 11.8. The SMILES string of the molecule is O=C(N/N=C\c1ccc2c(c1)CCC2)[C@H](O)c1ccccc1. The standard InChI is InChI=1S/C18H18N2O2/c21-17(15-5-2-1-3-6-15)18(22)20-19-12-13-9-10-14-7-4-8-16(14)11-13/h1-3,5-6,9-12,17,21H,4,7-8H2,(H,20,22)/b19-12-/t17-/m1/s1. The third-order valence-electron chi connectivity index (χ3n) is 3.87. The van der Waals surface area contributed by atoms with Crippen molar-refractivity contribution in [3.63, 3.8) is 0 Å². The first kappa shape index (κ1) is 14.5. The van der Waals surface area contributed by atoms with Crippen molar-refractivity contribution in [1.29, 1.82) is 0 Å². The third-order valence-corrected chi connectivity index (χ3v) is 3.87. The molecule has 22 heavy (non-hydrogen) atoms. The summed E-state index contributed by atoms with van der Waals surface area (Å²) in [7, 11) is 0. The second kappa shape index (κ2) is 6.54. The van der Waals surface area contributed by atoms with Gasteiger partial charge < -0.3 is 5.11 Å². The van der Waals surface area contributed by atoms with E-state index in [1.165, 1.54) is 17.5 Å². The van der Waals surface area contributed by atoms with Crippen molar-refractivity contribution in [1.82, 2.24) is 5.43 Å². The highest BCUT2D eigenvalue weighted by Gasteiger charge is 2.16. The summed E-state index contributed by atoms with van der Waals surface area (Å²) in [5.41, 5.74) is 6.64. The van der Waals surface area contributed by atoms with E-state index in [2.05, 4.69) is 22.7 Å². The fourth-order valence-electron chi connectivity index (χ4n) is 2.69. The lowest BCUT2D eigenvalue weighted by Crippen LogP contribution is -2.25. The van der Waals surface area contributed by atoms with Gasteiger partial charge in [0.1, 0.15) is 0 Å². The van der Waals surface area contributed by atoms with Crippen LogP contribution < -0.4 is 5.43 Å². The van der Waals surface area contributed by atoms with Crippen LogP contribution in [0.5, 0.6) is 0 Å². The summed E-state index contributed by atoms with van der Waals surface area (Å²) in [6.45, 7) is 0. The minimum Gasteiger partial charge on any atom is -0.378 e. The van der Waals surface area contributed by atoms with E-state index in [0.717, 1.165) is 18.4 Å². The lowest BCUT2D eigenvalue weighted by Gasteiger charge is -2.08. The van der Waals surface area contributed by atoms with E-state index in [9.17, 15) is 9.90 Å². The Kier molecular flexibility index (Phi) is 4.30. The number of carbonyl (C=O) groups excluding carboxylic acids is 1. The van der Waals surface area contributed by atoms with Crippen LogP contribution in [0.4, 0.5) is 0 Å². The van der Waals surface area contributed by atoms with E-state index in [1.54, 1.807) is 30.5 Å². The van der Waals surface area contributed by atoms with E-state index in [4.69, 9.17) is 0 Å². The Balaban J connectivity index is 1.61. The van der Waals surface area contributed by atoms with Crippen LogP contribution in [0.3, 0.4) is 0 Å². The summed E-state index contributed by atoms with van der Waals surface area (Å²) in [6.07, 6.45) is 3.85. The molecule has 2 aromatic rings. The average molecular weight is 294 g/mol. The monoisotopic (exact) mass is 294 g/mol. The first-order valence-electron chi connectivity index (χ1n) is 7.42. The molecule has 0 saturated carbocycles. The number of nitrogens with one attached hydrogen (secondary N) is 1. The lowest BCUT2D eigenvalue weighted by atomic mass is 10.1. The second-order valence-electron chi connectivity index (χ2n) is 5.43. The van der Waals surface area contributed by atoms with Crippen molar-refractivity contribution in [2.75, 3.05) is 0 Å². The molecule has 0 fully saturated rings. The molecule has 0 bridgehead atoms. The lowest BCUT2D eigenvalue weighted by molar-refractivity contribution is -0.129. The van der Waals surface area contributed by atoms with Gasteiger partial charge in [-0.1, -0.05) is 42.5 Å². The summed E-state index contributed by atoms with van der Waals surface area (Å²) in [6, 6.07) is 15.0. The van der Waals surface area contributed by atoms with Crippen molar-refractivity contribution in [2.24, 2.45) is 5.10 Å². The maximum atomic E-state index is 11.8. The number of carbonyl (C=O) groups is 1. The van der Waals surface area contributed by atoms with Gasteiger partial charge >= 0.3 is 0 Å². The smallest absolute Gasteiger partial charge is 0.273 e. The molecule has 4 heteroatoms. The van der Waals surface area contributed by atoms with Crippen LogP contribution in [0.1, 0.15) is 34.8 Å². The third kappa shape index (κ3) is 3.23. The largest absolute Gasteiger partial charge is 0.378 e. The predicted molar refractivity (Wildman–Crippen MR) is 85.6 cm³/mol. The second-order valence-corrected chi connectivity index (χ2v) is 5.43. The number of hydrazone groups is 1. The van der Waals surface area contributed by atoms with Gasteiger partial charge in [0.15, 0.2) is 6.10 Å². The van der Waals surface area contributed by atoms with Crippen LogP contribution in [-0.4, -0.2) is 17.2 Å². The minimum atomic E-state index is -1.21. The molecular formula is C18H18N2O2. The van der Waals surface area contributed by atoms with Crippen LogP contribution >= 0.6 is 0 Å². The molecule has 0 aromatic heterocycles. The first-order valence-corrected chi connectivity index (χ1v) is 7.42. The molecule has 112 valence electrons. The molecule has 0 radical (unpaired) electrons. The highest BCUT2D eigenvalue weighted by Crippen LogP contribution is 2.22. The minimum absolute atomic E-state index is 0.538. The average Bonchev–Trinajstić information content (AvgIpc) is 3.02. The molecule has 2 aromatic carbocycles. The van der Waals surface area contributed by atoms with Gasteiger partial charge in [-0.2, -0.15) is 5.10 Å². The molecule has 1 aliphatic carbocycles. The van der Waals surface area contributed by atoms with Gasteiger partial charge in [-0.05, 0) is 47.6 Å². The highest BCUT2D eigenvalue weighted by atomic mass is 16.3. The Morgan fingerprint density at radius 3 is 2.73 bits per heavy atom. The number of aryl methyl sites for hydroxylation is 2. The number of hydrogen-bond donors (Lipinski definition) is 2. The van der Waals surface area contributed by atoms with Crippen molar-refractivity contribution < 1.29 is 9.90 Å². The van der Waals surface area contributed by atoms with Crippen LogP contribution in [0, 0.1) is 0 Å². The molecule has 0 heterocycles. The van der Waals surface area contributed by atoms with Crippen molar-refractivity contribution >= 4 is 12.1 Å². The summed E-state index contributed by atoms with van der Waals surface area (Å²) >= 11 is 0. The zero-order valence-electron chi connectivity index (χ0n) is 12.2. The number of benzene rings is 2. The molecule has 0 saturated heterocycles. The summed E-state index contributed by atoms with van der Waals surface area (Å²) in [5, 5.41) is 13.9. The molecule has 3 rings (SSSR count). The Morgan fingerprint density at radius 1 is 1.14 bits per heavy atom. The maximum Gasteiger partial charge on any atom is 0.273 e. The Hall–Kier alpha value is -2.46. The van der Waals surface area contributed by atoms with Crippen LogP contribution in [0.25, 0.3) is 0 Å². The highest BCUT2D eigenvalue weighted by molar-refractivity contribution is 5.85. The van der Waals surface area contributed by atoms with Gasteiger partial charge in [-0.25, -0.2) is 5.43 Å². The normalized spacial score (nSPS) is 14.8. The first-order chi connectivity index (χ1) is 10.7. The zero-order chi connectivity index (χ0) is 15.4. The Bertz CT molecular complexity index is 695. The molecule has 0 spiro atoms. The van der Waals surface area contributed by atoms with Gasteiger partial charge in [-0.15, -0.1) is 0 Å². The van der Waals surface area contributed by atoms with Gasteiger partial charge in [0, 0.05) is 0 Å². The number of aliphatic hydroxyl groups excluding tert-OH is 1. The van der Waals surface area contributed by atoms with E-state index < -0.39 is 12.0 Å². The molecule has 4 nitrogen and oxygen atoms in total. The number of hydrogen-bond acceptors (Lipinski definition) is 3. The quantitative estimate of drug-likeness (QED) is 0.671. The number of fused-ring (bicyclic) bond motifs is 1. The molecular weight excluding hydrogens is 276 g/mol. The van der Waals surface area contributed by atoms with Crippen LogP contribution in [-0.2, 0) is 17.6 Å². The van der Waals surface area contributed by atoms with Crippen LogP contribution in [0.15, 0.2) is 53.6 Å². The fraction of sp³-hybridized carbons (Fsp3) is 0.222. The molecule has 1 atom stereocenters. The number of nitrogens with zero attached hydrogens (tertiary/aromatic N) is 1. The van der Waals surface area contributed by atoms with Gasteiger partial charge in [-0.3, -0.25) is 4.79 Å². The van der Waals surface area contributed by atoms with Gasteiger partial charge in [0.05, 0.1) is 6.21 Å². The van der Waals surface area contributed by atoms with Crippen molar-refractivity contribution in [3.05, 3.63) is 70.8 Å². The Labute approximate surface area is 129 Å². The Morgan fingerprint density at radius 2 is 1.91 bits per heavy atom. The van der Waals surface area contributed by atoms with Crippen molar-refractivity contribution in [3.8, 4) is 0 Å². The van der Waals surface area contributed by atoms with Crippen LogP contribution in [0.2, 0.25) is 0 Å². The van der Waals surface area contributed by atoms with E-state index in [-0.39, 0.29) is 0 Å². The van der Waals surface area contributed by atoms with E-state index in [1.807, 2.05) is 12.1 Å². The van der Waals surface area contributed by atoms with Gasteiger partial charge in [0.25, 0.3) is 5.91 Å². The summed E-state index contributed by atoms with van der Waals surface area (Å²) in [5.74, 6) is -0.538. The predicted octanol–water partition coefficient (Wildman–Crippen LogP) is 2.36. The molecule has 0 aliphatic heterocycles. The van der Waals surface area contributed by atoms with E-state index in [0.29, 0.717) is 5.56 Å². The zero-order valence-corrected chi connectivity index (χ0v) is 12.2. The van der Waals surface area contributed by atoms with Crippen molar-refractivity contribution in [2.45, 2.75) is 25.4 Å². The van der Waals surface area contributed by atoms with Gasteiger partial charge in [0.2, 0.25) is 0 Å². The topological polar surface area (TPSA) is 61.7 Å². The number of amides is 1. The summed E-state index contributed by atoms with van der Waals surface area (Å²) < 4.78 is 0. The fourth-order valence-corrected chi connectivity index (χ4v) is 2.69.